The quantitative estimate of drug-likeness (QED) is 0.573. The van der Waals surface area contributed by atoms with Gasteiger partial charge in [0.1, 0.15) is 5.69 Å². The van der Waals surface area contributed by atoms with Crippen LogP contribution in [0.4, 0.5) is 5.13 Å². The van der Waals surface area contributed by atoms with Crippen molar-refractivity contribution in [2.45, 2.75) is 6.92 Å². The first kappa shape index (κ1) is 10.5. The summed E-state index contributed by atoms with van der Waals surface area (Å²) in [7, 11) is 1.94. The minimum absolute atomic E-state index is 0.000980. The van der Waals surface area contributed by atoms with Crippen LogP contribution in [0.1, 0.15) is 17.4 Å². The lowest BCUT2D eigenvalue weighted by atomic mass is 10.3. The molecule has 0 atom stereocenters. The van der Waals surface area contributed by atoms with Crippen molar-refractivity contribution in [3.63, 3.8) is 0 Å². The second-order valence-corrected chi connectivity index (χ2v) is 3.69. The van der Waals surface area contributed by atoms with Crippen molar-refractivity contribution >= 4 is 33.9 Å². The van der Waals surface area contributed by atoms with E-state index in [1.807, 2.05) is 18.9 Å². The molecule has 0 fully saturated rings. The lowest BCUT2D eigenvalue weighted by Gasteiger charge is -2.10. The molecule has 1 aromatic rings. The topological polar surface area (TPSA) is 33.2 Å². The number of hydrogen-bond acceptors (Lipinski definition) is 4. The number of aromatic nitrogens is 1. The molecule has 1 aromatic heterocycles. The number of nitrogens with zero attached hydrogens (tertiary/aromatic N) is 2. The van der Waals surface area contributed by atoms with Crippen molar-refractivity contribution in [3.8, 4) is 0 Å². The van der Waals surface area contributed by atoms with Gasteiger partial charge in [0, 0.05) is 19.0 Å². The smallest absolute Gasteiger partial charge is 0.196 e. The van der Waals surface area contributed by atoms with Crippen LogP contribution in [0.2, 0.25) is 0 Å². The molecule has 5 heteroatoms. The molecule has 0 aliphatic rings. The van der Waals surface area contributed by atoms with Crippen molar-refractivity contribution in [2.24, 2.45) is 0 Å². The highest BCUT2D eigenvalue weighted by Gasteiger charge is 2.10. The number of halogens is 1. The SMILES string of the molecule is CCN(C)c1nc(C(=O)CCl)cs1. The lowest BCUT2D eigenvalue weighted by Crippen LogP contribution is -2.15. The molecule has 0 N–H and O–H groups in total. The van der Waals surface area contributed by atoms with Gasteiger partial charge in [-0.2, -0.15) is 0 Å². The summed E-state index contributed by atoms with van der Waals surface area (Å²) in [5.41, 5.74) is 0.468. The van der Waals surface area contributed by atoms with Crippen LogP contribution in [0.3, 0.4) is 0 Å². The minimum Gasteiger partial charge on any atom is -0.351 e. The van der Waals surface area contributed by atoms with Gasteiger partial charge in [0.05, 0.1) is 5.88 Å². The molecule has 1 heterocycles. The molecule has 3 nitrogen and oxygen atoms in total. The third-order valence-electron chi connectivity index (χ3n) is 1.70. The summed E-state index contributed by atoms with van der Waals surface area (Å²) < 4.78 is 0. The fraction of sp³-hybridized carbons (Fsp3) is 0.500. The molecule has 13 heavy (non-hydrogen) atoms. The van der Waals surface area contributed by atoms with Crippen LogP contribution in [0.5, 0.6) is 0 Å². The molecule has 0 spiro atoms. The molecule has 1 rings (SSSR count). The zero-order valence-electron chi connectivity index (χ0n) is 7.58. The van der Waals surface area contributed by atoms with Gasteiger partial charge in [-0.05, 0) is 6.92 Å². The zero-order valence-corrected chi connectivity index (χ0v) is 9.15. The summed E-state index contributed by atoms with van der Waals surface area (Å²) >= 11 is 6.87. The largest absolute Gasteiger partial charge is 0.351 e. The molecular formula is C8H11ClN2OS. The van der Waals surface area contributed by atoms with E-state index in [2.05, 4.69) is 4.98 Å². The molecule has 0 aliphatic carbocycles. The molecule has 0 radical (unpaired) electrons. The van der Waals surface area contributed by atoms with Gasteiger partial charge in [0.15, 0.2) is 10.9 Å². The number of thiazole rings is 1. The van der Waals surface area contributed by atoms with E-state index in [4.69, 9.17) is 11.6 Å². The summed E-state index contributed by atoms with van der Waals surface area (Å²) in [5, 5.41) is 2.60. The van der Waals surface area contributed by atoms with E-state index in [1.54, 1.807) is 5.38 Å². The van der Waals surface area contributed by atoms with E-state index in [9.17, 15) is 4.79 Å². The standard InChI is InChI=1S/C8H11ClN2OS/c1-3-11(2)8-10-6(5-13-8)7(12)4-9/h5H,3-4H2,1-2H3. The highest BCUT2D eigenvalue weighted by molar-refractivity contribution is 7.13. The van der Waals surface area contributed by atoms with Crippen LogP contribution in [0, 0.1) is 0 Å². The number of ketones is 1. The van der Waals surface area contributed by atoms with Crippen LogP contribution in [0.15, 0.2) is 5.38 Å². The Morgan fingerprint density at radius 2 is 2.46 bits per heavy atom. The normalized spacial score (nSPS) is 10.1. The third kappa shape index (κ3) is 2.42. The fourth-order valence-electron chi connectivity index (χ4n) is 0.771. The molecule has 72 valence electrons. The lowest BCUT2D eigenvalue weighted by molar-refractivity contribution is 0.101. The number of carbonyl (C=O) groups is 1. The molecule has 0 bridgehead atoms. The van der Waals surface area contributed by atoms with E-state index in [-0.39, 0.29) is 11.7 Å². The van der Waals surface area contributed by atoms with Crippen LogP contribution in [0.25, 0.3) is 0 Å². The van der Waals surface area contributed by atoms with Crippen LogP contribution < -0.4 is 4.90 Å². The summed E-state index contributed by atoms with van der Waals surface area (Å²) in [5.74, 6) is -0.118. The van der Waals surface area contributed by atoms with Gasteiger partial charge in [0.2, 0.25) is 0 Å². The molecule has 0 aromatic carbocycles. The van der Waals surface area contributed by atoms with Crippen LogP contribution in [-0.4, -0.2) is 30.2 Å². The number of Topliss-reactive ketones (excluding diaryl/α,β-unsaturated/α-hetero) is 1. The Bertz CT molecular complexity index is 300. The maximum atomic E-state index is 11.1. The Hall–Kier alpha value is -0.610. The monoisotopic (exact) mass is 218 g/mol. The first-order valence-corrected chi connectivity index (χ1v) is 5.36. The van der Waals surface area contributed by atoms with E-state index in [0.717, 1.165) is 11.7 Å². The second kappa shape index (κ2) is 4.58. The summed E-state index contributed by atoms with van der Waals surface area (Å²) in [4.78, 5) is 17.3. The van der Waals surface area contributed by atoms with E-state index >= 15 is 0 Å². The molecular weight excluding hydrogens is 208 g/mol. The van der Waals surface area contributed by atoms with Crippen molar-refractivity contribution in [2.75, 3.05) is 24.4 Å². The Morgan fingerprint density at radius 1 is 1.77 bits per heavy atom. The highest BCUT2D eigenvalue weighted by Crippen LogP contribution is 2.19. The molecule has 0 amide bonds. The molecule has 0 aliphatic heterocycles. The maximum Gasteiger partial charge on any atom is 0.196 e. The van der Waals surface area contributed by atoms with E-state index < -0.39 is 0 Å². The fourth-order valence-corrected chi connectivity index (χ4v) is 1.77. The van der Waals surface area contributed by atoms with Crippen molar-refractivity contribution < 1.29 is 4.79 Å². The molecule has 0 saturated carbocycles. The maximum absolute atomic E-state index is 11.1. The highest BCUT2D eigenvalue weighted by atomic mass is 35.5. The Morgan fingerprint density at radius 3 is 3.00 bits per heavy atom. The average molecular weight is 219 g/mol. The number of carbonyl (C=O) groups excluding carboxylic acids is 1. The predicted molar refractivity (Wildman–Crippen MR) is 56.1 cm³/mol. The molecule has 0 saturated heterocycles. The van der Waals surface area contributed by atoms with Crippen molar-refractivity contribution in [1.82, 2.24) is 4.98 Å². The van der Waals surface area contributed by atoms with Gasteiger partial charge in [0.25, 0.3) is 0 Å². The van der Waals surface area contributed by atoms with Gasteiger partial charge < -0.3 is 4.90 Å². The zero-order chi connectivity index (χ0) is 9.84. The van der Waals surface area contributed by atoms with Crippen LogP contribution in [-0.2, 0) is 0 Å². The summed E-state index contributed by atoms with van der Waals surface area (Å²) in [6.07, 6.45) is 0. The van der Waals surface area contributed by atoms with Gasteiger partial charge in [-0.3, -0.25) is 4.79 Å². The average Bonchev–Trinajstić information content (AvgIpc) is 2.64. The van der Waals surface area contributed by atoms with Gasteiger partial charge in [-0.25, -0.2) is 4.98 Å². The van der Waals surface area contributed by atoms with Gasteiger partial charge >= 0.3 is 0 Å². The summed E-state index contributed by atoms with van der Waals surface area (Å²) in [6.45, 7) is 2.91. The Kier molecular flexibility index (Phi) is 3.69. The minimum atomic E-state index is -0.117. The second-order valence-electron chi connectivity index (χ2n) is 2.59. The van der Waals surface area contributed by atoms with Crippen LogP contribution >= 0.6 is 22.9 Å². The van der Waals surface area contributed by atoms with Crippen molar-refractivity contribution in [1.29, 1.82) is 0 Å². The number of alkyl halides is 1. The molecule has 0 unspecified atom stereocenters. The van der Waals surface area contributed by atoms with E-state index in [1.165, 1.54) is 11.3 Å². The number of hydrogen-bond donors (Lipinski definition) is 0. The van der Waals surface area contributed by atoms with Crippen molar-refractivity contribution in [3.05, 3.63) is 11.1 Å². The number of anilines is 1. The third-order valence-corrected chi connectivity index (χ3v) is 2.90. The van der Waals surface area contributed by atoms with Gasteiger partial charge in [-0.15, -0.1) is 22.9 Å². The number of rotatable bonds is 4. The first-order chi connectivity index (χ1) is 6.19. The first-order valence-electron chi connectivity index (χ1n) is 3.94. The van der Waals surface area contributed by atoms with Gasteiger partial charge in [-0.1, -0.05) is 0 Å². The predicted octanol–water partition coefficient (Wildman–Crippen LogP) is 2.02. The Balaban J connectivity index is 2.80. The Labute approximate surface area is 86.3 Å². The summed E-state index contributed by atoms with van der Waals surface area (Å²) in [6, 6.07) is 0. The van der Waals surface area contributed by atoms with E-state index in [0.29, 0.717) is 5.69 Å².